The molecule has 0 radical (unpaired) electrons. The lowest BCUT2D eigenvalue weighted by Crippen LogP contribution is -2.52. The lowest BCUT2D eigenvalue weighted by atomic mass is 9.76. The molecule has 1 aromatic carbocycles. The van der Waals surface area contributed by atoms with E-state index < -0.39 is 10.0 Å². The van der Waals surface area contributed by atoms with Gasteiger partial charge in [-0.2, -0.15) is 0 Å². The van der Waals surface area contributed by atoms with Crippen LogP contribution in [0.2, 0.25) is 0 Å². The second-order valence-electron chi connectivity index (χ2n) is 5.61. The fourth-order valence-corrected chi connectivity index (χ4v) is 4.47. The third-order valence-electron chi connectivity index (χ3n) is 4.24. The number of sulfonamides is 1. The van der Waals surface area contributed by atoms with E-state index in [2.05, 4.69) is 10.0 Å². The number of nitrogens with one attached hydrogen (secondary N) is 2. The van der Waals surface area contributed by atoms with Gasteiger partial charge in [-0.1, -0.05) is 13.0 Å². The molecule has 0 heterocycles. The Kier molecular flexibility index (Phi) is 4.91. The molecule has 0 aromatic heterocycles. The average Bonchev–Trinajstić information content (AvgIpc) is 2.43. The highest BCUT2D eigenvalue weighted by Gasteiger charge is 2.39. The normalized spacial score (nSPS) is 17.3. The molecule has 21 heavy (non-hydrogen) atoms. The first kappa shape index (κ1) is 16.3. The van der Waals surface area contributed by atoms with Gasteiger partial charge < -0.3 is 10.1 Å². The standard InChI is InChI=1S/C15H24N2O3S/c1-4-15(8-5-9-15)17-21(18,19)14-10-12(11-16-2)6-7-13(14)20-3/h6-7,10,16-17H,4-5,8-9,11H2,1-3H3. The Labute approximate surface area is 127 Å². The van der Waals surface area contributed by atoms with E-state index in [0.29, 0.717) is 12.3 Å². The van der Waals surface area contributed by atoms with Gasteiger partial charge in [-0.05, 0) is 50.4 Å². The van der Waals surface area contributed by atoms with E-state index in [4.69, 9.17) is 4.74 Å². The first-order valence-electron chi connectivity index (χ1n) is 7.32. The fourth-order valence-electron chi connectivity index (χ4n) is 2.72. The lowest BCUT2D eigenvalue weighted by molar-refractivity contribution is 0.213. The molecular weight excluding hydrogens is 288 g/mol. The van der Waals surface area contributed by atoms with E-state index in [0.717, 1.165) is 31.2 Å². The summed E-state index contributed by atoms with van der Waals surface area (Å²) in [6.45, 7) is 2.64. The molecule has 1 fully saturated rings. The molecule has 0 aliphatic heterocycles. The molecule has 6 heteroatoms. The molecule has 0 atom stereocenters. The maximum atomic E-state index is 12.7. The van der Waals surface area contributed by atoms with Crippen molar-refractivity contribution in [2.75, 3.05) is 14.2 Å². The largest absolute Gasteiger partial charge is 0.495 e. The topological polar surface area (TPSA) is 67.4 Å². The van der Waals surface area contributed by atoms with Crippen molar-refractivity contribution >= 4 is 10.0 Å². The van der Waals surface area contributed by atoms with Gasteiger partial charge in [-0.15, -0.1) is 0 Å². The molecule has 2 rings (SSSR count). The summed E-state index contributed by atoms with van der Waals surface area (Å²) < 4.78 is 33.6. The lowest BCUT2D eigenvalue weighted by Gasteiger charge is -2.41. The van der Waals surface area contributed by atoms with E-state index in [1.54, 1.807) is 12.1 Å². The van der Waals surface area contributed by atoms with Gasteiger partial charge in [0, 0.05) is 12.1 Å². The molecule has 118 valence electrons. The van der Waals surface area contributed by atoms with Crippen molar-refractivity contribution in [2.45, 2.75) is 49.6 Å². The van der Waals surface area contributed by atoms with Crippen LogP contribution in [0.25, 0.3) is 0 Å². The van der Waals surface area contributed by atoms with E-state index in [1.807, 2.05) is 20.0 Å². The summed E-state index contributed by atoms with van der Waals surface area (Å²) in [7, 11) is -0.256. The van der Waals surface area contributed by atoms with Crippen LogP contribution in [-0.4, -0.2) is 28.1 Å². The van der Waals surface area contributed by atoms with Gasteiger partial charge in [0.05, 0.1) is 7.11 Å². The fraction of sp³-hybridized carbons (Fsp3) is 0.600. The van der Waals surface area contributed by atoms with E-state index >= 15 is 0 Å². The second kappa shape index (κ2) is 6.34. The van der Waals surface area contributed by atoms with Crippen molar-refractivity contribution in [1.29, 1.82) is 0 Å². The summed E-state index contributed by atoms with van der Waals surface area (Å²) in [4.78, 5) is 0.220. The van der Waals surface area contributed by atoms with Crippen molar-refractivity contribution in [1.82, 2.24) is 10.0 Å². The van der Waals surface area contributed by atoms with Crippen LogP contribution < -0.4 is 14.8 Å². The third kappa shape index (κ3) is 3.39. The summed E-state index contributed by atoms with van der Waals surface area (Å²) in [5.74, 6) is 0.382. The molecule has 0 spiro atoms. The van der Waals surface area contributed by atoms with E-state index in [1.165, 1.54) is 7.11 Å². The monoisotopic (exact) mass is 312 g/mol. The molecule has 0 bridgehead atoms. The highest BCUT2D eigenvalue weighted by Crippen LogP contribution is 2.37. The van der Waals surface area contributed by atoms with Crippen LogP contribution in [0.1, 0.15) is 38.2 Å². The Morgan fingerprint density at radius 3 is 2.52 bits per heavy atom. The van der Waals surface area contributed by atoms with Crippen LogP contribution in [0.4, 0.5) is 0 Å². The van der Waals surface area contributed by atoms with Gasteiger partial charge in [0.25, 0.3) is 0 Å². The Morgan fingerprint density at radius 2 is 2.05 bits per heavy atom. The first-order valence-corrected chi connectivity index (χ1v) is 8.80. The predicted octanol–water partition coefficient (Wildman–Crippen LogP) is 2.03. The van der Waals surface area contributed by atoms with Crippen LogP contribution >= 0.6 is 0 Å². The van der Waals surface area contributed by atoms with Crippen molar-refractivity contribution in [2.24, 2.45) is 0 Å². The van der Waals surface area contributed by atoms with E-state index in [9.17, 15) is 8.42 Å². The van der Waals surface area contributed by atoms with Crippen molar-refractivity contribution in [3.63, 3.8) is 0 Å². The molecule has 1 aliphatic carbocycles. The Balaban J connectivity index is 2.35. The zero-order valence-corrected chi connectivity index (χ0v) is 13.7. The maximum absolute atomic E-state index is 12.7. The summed E-state index contributed by atoms with van der Waals surface area (Å²) in [5.41, 5.74) is 0.640. The minimum atomic E-state index is -3.58. The smallest absolute Gasteiger partial charge is 0.244 e. The molecule has 2 N–H and O–H groups in total. The number of hydrogen-bond acceptors (Lipinski definition) is 4. The van der Waals surface area contributed by atoms with Gasteiger partial charge in [0.1, 0.15) is 10.6 Å². The van der Waals surface area contributed by atoms with Crippen molar-refractivity contribution in [3.8, 4) is 5.75 Å². The number of methoxy groups -OCH3 is 1. The highest BCUT2D eigenvalue weighted by molar-refractivity contribution is 7.89. The second-order valence-corrected chi connectivity index (χ2v) is 7.26. The van der Waals surface area contributed by atoms with Gasteiger partial charge in [0.15, 0.2) is 0 Å². The third-order valence-corrected chi connectivity index (χ3v) is 5.84. The summed E-state index contributed by atoms with van der Waals surface area (Å²) in [5, 5.41) is 3.03. The molecule has 1 aromatic rings. The van der Waals surface area contributed by atoms with Gasteiger partial charge in [-0.25, -0.2) is 13.1 Å². The molecule has 0 amide bonds. The van der Waals surface area contributed by atoms with Crippen molar-refractivity contribution in [3.05, 3.63) is 23.8 Å². The quantitative estimate of drug-likeness (QED) is 0.808. The molecule has 0 saturated heterocycles. The maximum Gasteiger partial charge on any atom is 0.244 e. The van der Waals surface area contributed by atoms with Crippen LogP contribution in [-0.2, 0) is 16.6 Å². The minimum absolute atomic E-state index is 0.220. The van der Waals surface area contributed by atoms with Crippen LogP contribution in [0.5, 0.6) is 5.75 Å². The van der Waals surface area contributed by atoms with Crippen LogP contribution in [0.3, 0.4) is 0 Å². The van der Waals surface area contributed by atoms with Crippen molar-refractivity contribution < 1.29 is 13.2 Å². The molecular formula is C15H24N2O3S. The molecule has 0 unspecified atom stereocenters. The predicted molar refractivity (Wildman–Crippen MR) is 83.0 cm³/mol. The number of hydrogen-bond donors (Lipinski definition) is 2. The zero-order valence-electron chi connectivity index (χ0n) is 12.9. The SMILES string of the molecule is CCC1(NS(=O)(=O)c2cc(CNC)ccc2OC)CCC1. The Bertz CT molecular complexity index is 589. The number of benzene rings is 1. The average molecular weight is 312 g/mol. The van der Waals surface area contributed by atoms with Crippen LogP contribution in [0.15, 0.2) is 23.1 Å². The number of ether oxygens (including phenoxy) is 1. The van der Waals surface area contributed by atoms with Crippen LogP contribution in [0, 0.1) is 0 Å². The highest BCUT2D eigenvalue weighted by atomic mass is 32.2. The van der Waals surface area contributed by atoms with Gasteiger partial charge >= 0.3 is 0 Å². The molecule has 1 aliphatic rings. The Hall–Kier alpha value is -1.11. The summed E-state index contributed by atoms with van der Waals surface area (Å²) in [6.07, 6.45) is 3.69. The summed E-state index contributed by atoms with van der Waals surface area (Å²) in [6, 6.07) is 5.26. The van der Waals surface area contributed by atoms with E-state index in [-0.39, 0.29) is 10.4 Å². The molecule has 5 nitrogen and oxygen atoms in total. The molecule has 1 saturated carbocycles. The minimum Gasteiger partial charge on any atom is -0.495 e. The summed E-state index contributed by atoms with van der Waals surface area (Å²) >= 11 is 0. The first-order chi connectivity index (χ1) is 9.96. The zero-order chi connectivity index (χ0) is 15.5. The number of rotatable bonds is 7. The Morgan fingerprint density at radius 1 is 1.33 bits per heavy atom. The van der Waals surface area contributed by atoms with Gasteiger partial charge in [-0.3, -0.25) is 0 Å². The van der Waals surface area contributed by atoms with Gasteiger partial charge in [0.2, 0.25) is 10.0 Å².